The highest BCUT2D eigenvalue weighted by Gasteiger charge is 2.38. The van der Waals surface area contributed by atoms with E-state index in [1.165, 1.54) is 0 Å². The van der Waals surface area contributed by atoms with Crippen molar-refractivity contribution in [2.24, 2.45) is 9.98 Å². The number of hydrogen-bond donors (Lipinski definition) is 1. The van der Waals surface area contributed by atoms with Crippen LogP contribution in [0.1, 0.15) is 26.7 Å². The number of rotatable bonds is 3. The monoisotopic (exact) mass is 274 g/mol. The van der Waals surface area contributed by atoms with E-state index < -0.39 is 21.5 Å². The fourth-order valence-corrected chi connectivity index (χ4v) is 2.68. The molecule has 1 saturated heterocycles. The lowest BCUT2D eigenvalue weighted by Gasteiger charge is -2.28. The zero-order valence-electron chi connectivity index (χ0n) is 10.5. The quantitative estimate of drug-likeness (QED) is 0.479. The molecule has 2 atom stereocenters. The first kappa shape index (κ1) is 15.0. The van der Waals surface area contributed by atoms with Crippen molar-refractivity contribution in [2.45, 2.75) is 38.0 Å². The normalized spacial score (nSPS) is 25.6. The molecule has 102 valence electrons. The van der Waals surface area contributed by atoms with E-state index in [0.717, 1.165) is 5.57 Å². The summed E-state index contributed by atoms with van der Waals surface area (Å²) in [6, 6.07) is 0. The molecule has 0 radical (unpaired) electrons. The second-order valence-corrected chi connectivity index (χ2v) is 5.97. The molecule has 0 aromatic heterocycles. The third kappa shape index (κ3) is 4.01. The van der Waals surface area contributed by atoms with Crippen LogP contribution in [0.5, 0.6) is 0 Å². The summed E-state index contributed by atoms with van der Waals surface area (Å²) in [5, 5.41) is -1.03. The Morgan fingerprint density at radius 1 is 1.50 bits per heavy atom. The van der Waals surface area contributed by atoms with Gasteiger partial charge in [-0.05, 0) is 33.4 Å². The molecule has 1 aliphatic rings. The van der Waals surface area contributed by atoms with Crippen LogP contribution in [0.25, 0.3) is 0 Å². The summed E-state index contributed by atoms with van der Waals surface area (Å²) in [6.45, 7) is 7.49. The first-order valence-corrected chi connectivity index (χ1v) is 7.12. The zero-order chi connectivity index (χ0) is 13.8. The van der Waals surface area contributed by atoms with Crippen molar-refractivity contribution in [1.82, 2.24) is 0 Å². The van der Waals surface area contributed by atoms with Gasteiger partial charge in [0.15, 0.2) is 5.84 Å². The summed E-state index contributed by atoms with van der Waals surface area (Å²) in [4.78, 5) is 7.76. The summed E-state index contributed by atoms with van der Waals surface area (Å²) in [6.07, 6.45) is 1.60. The highest BCUT2D eigenvalue weighted by Crippen LogP contribution is 2.22. The van der Waals surface area contributed by atoms with Gasteiger partial charge < -0.3 is 4.74 Å². The standard InChI is InChI=1S/C11H18N2O4S/c1-8(2)7-13-11(12-3)10-9(18(14,15)16)5-4-6-17-10/h7,9-10H,3-6H2,1-2H3,(H,14,15,16)/t9-,10+/m0/s1. The third-order valence-electron chi connectivity index (χ3n) is 2.52. The number of aliphatic imine (C=N–C) groups is 2. The zero-order valence-corrected chi connectivity index (χ0v) is 11.4. The van der Waals surface area contributed by atoms with Crippen molar-refractivity contribution in [3.8, 4) is 0 Å². The summed E-state index contributed by atoms with van der Waals surface area (Å²) >= 11 is 0. The molecule has 0 saturated carbocycles. The Labute approximate surface area is 107 Å². The fourth-order valence-electron chi connectivity index (χ4n) is 1.70. The third-order valence-corrected chi connectivity index (χ3v) is 3.77. The second kappa shape index (κ2) is 6.21. The highest BCUT2D eigenvalue weighted by atomic mass is 32.2. The Morgan fingerprint density at radius 2 is 2.17 bits per heavy atom. The van der Waals surface area contributed by atoms with Gasteiger partial charge in [0.05, 0.1) is 0 Å². The minimum Gasteiger partial charge on any atom is -0.369 e. The SMILES string of the molecule is C=NC(=NC=C(C)C)[C@@H]1OCCC[C@@H]1S(=O)(=O)O. The van der Waals surface area contributed by atoms with Crippen molar-refractivity contribution in [1.29, 1.82) is 0 Å². The maximum Gasteiger partial charge on any atom is 0.270 e. The van der Waals surface area contributed by atoms with Crippen LogP contribution in [0, 0.1) is 0 Å². The Bertz CT molecular complexity index is 463. The van der Waals surface area contributed by atoms with Gasteiger partial charge in [-0.3, -0.25) is 4.55 Å². The Morgan fingerprint density at radius 3 is 2.67 bits per heavy atom. The number of hydrogen-bond acceptors (Lipinski definition) is 4. The summed E-state index contributed by atoms with van der Waals surface area (Å²) in [7, 11) is -4.18. The van der Waals surface area contributed by atoms with E-state index >= 15 is 0 Å². The Hall–Kier alpha value is -1.05. The van der Waals surface area contributed by atoms with Crippen LogP contribution in [0.15, 0.2) is 21.8 Å². The van der Waals surface area contributed by atoms with Gasteiger partial charge in [-0.15, -0.1) is 0 Å². The van der Waals surface area contributed by atoms with Crippen LogP contribution >= 0.6 is 0 Å². The van der Waals surface area contributed by atoms with E-state index in [1.54, 1.807) is 6.20 Å². The lowest BCUT2D eigenvalue weighted by atomic mass is 10.1. The van der Waals surface area contributed by atoms with E-state index in [2.05, 4.69) is 16.7 Å². The van der Waals surface area contributed by atoms with Crippen LogP contribution in [0.3, 0.4) is 0 Å². The van der Waals surface area contributed by atoms with Gasteiger partial charge >= 0.3 is 0 Å². The number of ether oxygens (including phenoxy) is 1. The second-order valence-electron chi connectivity index (χ2n) is 4.34. The average molecular weight is 274 g/mol. The van der Waals surface area contributed by atoms with Crippen molar-refractivity contribution in [2.75, 3.05) is 6.61 Å². The van der Waals surface area contributed by atoms with Crippen LogP contribution < -0.4 is 0 Å². The van der Waals surface area contributed by atoms with Crippen molar-refractivity contribution < 1.29 is 17.7 Å². The van der Waals surface area contributed by atoms with Gasteiger partial charge in [0.2, 0.25) is 0 Å². The molecular weight excluding hydrogens is 256 g/mol. The Balaban J connectivity index is 3.05. The van der Waals surface area contributed by atoms with Gasteiger partial charge in [-0.2, -0.15) is 8.42 Å². The number of nitrogens with zero attached hydrogens (tertiary/aromatic N) is 2. The molecule has 0 aromatic carbocycles. The molecule has 0 unspecified atom stereocenters. The lowest BCUT2D eigenvalue weighted by molar-refractivity contribution is 0.0588. The molecule has 0 bridgehead atoms. The van der Waals surface area contributed by atoms with Crippen molar-refractivity contribution >= 4 is 22.7 Å². The molecule has 1 fully saturated rings. The van der Waals surface area contributed by atoms with E-state index in [9.17, 15) is 13.0 Å². The Kier molecular flexibility index (Phi) is 5.18. The summed E-state index contributed by atoms with van der Waals surface area (Å²) in [5.74, 6) is 0.179. The molecule has 0 aliphatic carbocycles. The maximum atomic E-state index is 11.3. The lowest BCUT2D eigenvalue weighted by Crippen LogP contribution is -2.44. The minimum atomic E-state index is -4.18. The minimum absolute atomic E-state index is 0.179. The van der Waals surface area contributed by atoms with E-state index in [0.29, 0.717) is 19.4 Å². The van der Waals surface area contributed by atoms with Crippen LogP contribution in [-0.2, 0) is 14.9 Å². The first-order chi connectivity index (χ1) is 8.36. The predicted octanol–water partition coefficient (Wildman–Crippen LogP) is 1.44. The molecule has 1 N–H and O–H groups in total. The average Bonchev–Trinajstić information content (AvgIpc) is 2.29. The molecule has 0 amide bonds. The molecular formula is C11H18N2O4S. The highest BCUT2D eigenvalue weighted by molar-refractivity contribution is 7.86. The van der Waals surface area contributed by atoms with Gasteiger partial charge in [0.1, 0.15) is 11.4 Å². The van der Waals surface area contributed by atoms with E-state index in [-0.39, 0.29) is 5.84 Å². The molecule has 0 aromatic rings. The molecule has 1 heterocycles. The van der Waals surface area contributed by atoms with Crippen LogP contribution in [0.4, 0.5) is 0 Å². The first-order valence-electron chi connectivity index (χ1n) is 5.62. The van der Waals surface area contributed by atoms with E-state index in [4.69, 9.17) is 4.74 Å². The van der Waals surface area contributed by atoms with E-state index in [1.807, 2.05) is 13.8 Å². The van der Waals surface area contributed by atoms with Crippen molar-refractivity contribution in [3.05, 3.63) is 11.8 Å². The van der Waals surface area contributed by atoms with Crippen LogP contribution in [0.2, 0.25) is 0 Å². The number of amidine groups is 1. The van der Waals surface area contributed by atoms with Gasteiger partial charge in [0, 0.05) is 12.8 Å². The van der Waals surface area contributed by atoms with Gasteiger partial charge in [-0.25, -0.2) is 9.98 Å². The smallest absolute Gasteiger partial charge is 0.270 e. The molecule has 0 spiro atoms. The summed E-state index contributed by atoms with van der Waals surface area (Å²) < 4.78 is 37.2. The molecule has 18 heavy (non-hydrogen) atoms. The predicted molar refractivity (Wildman–Crippen MR) is 70.7 cm³/mol. The topological polar surface area (TPSA) is 88.3 Å². The summed E-state index contributed by atoms with van der Waals surface area (Å²) in [5.41, 5.74) is 0.940. The van der Waals surface area contributed by atoms with Crippen molar-refractivity contribution in [3.63, 3.8) is 0 Å². The van der Waals surface area contributed by atoms with Gasteiger partial charge in [-0.1, -0.05) is 5.57 Å². The van der Waals surface area contributed by atoms with Gasteiger partial charge in [0.25, 0.3) is 10.1 Å². The molecule has 1 rings (SSSR count). The molecule has 7 heteroatoms. The molecule has 6 nitrogen and oxygen atoms in total. The largest absolute Gasteiger partial charge is 0.369 e. The van der Waals surface area contributed by atoms with Crippen LogP contribution in [-0.4, -0.2) is 43.5 Å². The molecule has 1 aliphatic heterocycles. The number of allylic oxidation sites excluding steroid dienone is 1. The maximum absolute atomic E-state index is 11.3. The fraction of sp³-hybridized carbons (Fsp3) is 0.636.